The number of nitrogens with zero attached hydrogens (tertiary/aromatic N) is 4. The Morgan fingerprint density at radius 2 is 1.74 bits per heavy atom. The Morgan fingerprint density at radius 1 is 1.05 bits per heavy atom. The summed E-state index contributed by atoms with van der Waals surface area (Å²) in [7, 11) is 2.98. The van der Waals surface area contributed by atoms with Crippen molar-refractivity contribution in [2.45, 2.75) is 13.5 Å². The van der Waals surface area contributed by atoms with E-state index in [2.05, 4.69) is 25.3 Å². The molecule has 0 amide bonds. The minimum atomic E-state index is 0.205. The molecular formula is C12H15N5O2. The van der Waals surface area contributed by atoms with Crippen LogP contribution in [0.25, 0.3) is 0 Å². The number of rotatable bonds is 5. The lowest BCUT2D eigenvalue weighted by molar-refractivity contribution is 0.341. The van der Waals surface area contributed by atoms with E-state index in [1.807, 2.05) is 19.1 Å². The predicted molar refractivity (Wildman–Crippen MR) is 69.2 cm³/mol. The van der Waals surface area contributed by atoms with Crippen molar-refractivity contribution in [1.82, 2.24) is 19.9 Å². The van der Waals surface area contributed by atoms with Crippen molar-refractivity contribution in [2.24, 2.45) is 0 Å². The fourth-order valence-electron chi connectivity index (χ4n) is 1.38. The molecule has 0 saturated heterocycles. The Balaban J connectivity index is 2.08. The van der Waals surface area contributed by atoms with E-state index in [1.54, 1.807) is 6.20 Å². The van der Waals surface area contributed by atoms with Crippen LogP contribution in [-0.2, 0) is 6.54 Å². The zero-order chi connectivity index (χ0) is 13.7. The van der Waals surface area contributed by atoms with Crippen LogP contribution in [-0.4, -0.2) is 34.2 Å². The van der Waals surface area contributed by atoms with Gasteiger partial charge < -0.3 is 14.8 Å². The second-order valence-electron chi connectivity index (χ2n) is 3.79. The molecule has 7 heteroatoms. The van der Waals surface area contributed by atoms with E-state index in [1.165, 1.54) is 14.2 Å². The van der Waals surface area contributed by atoms with Crippen LogP contribution >= 0.6 is 0 Å². The first-order chi connectivity index (χ1) is 9.21. The molecule has 2 heterocycles. The number of aryl methyl sites for hydroxylation is 1. The van der Waals surface area contributed by atoms with E-state index in [0.29, 0.717) is 12.5 Å². The molecule has 0 atom stereocenters. The summed E-state index contributed by atoms with van der Waals surface area (Å²) >= 11 is 0. The Hall–Kier alpha value is -2.44. The number of methoxy groups -OCH3 is 2. The van der Waals surface area contributed by atoms with E-state index in [9.17, 15) is 0 Å². The normalized spacial score (nSPS) is 10.1. The molecule has 0 saturated carbocycles. The van der Waals surface area contributed by atoms with E-state index < -0.39 is 0 Å². The van der Waals surface area contributed by atoms with E-state index in [-0.39, 0.29) is 12.0 Å². The molecule has 2 aromatic rings. The Morgan fingerprint density at radius 3 is 2.26 bits per heavy atom. The highest BCUT2D eigenvalue weighted by atomic mass is 16.5. The van der Waals surface area contributed by atoms with Crippen LogP contribution in [0.3, 0.4) is 0 Å². The maximum absolute atomic E-state index is 4.97. The smallest absolute Gasteiger partial charge is 0.324 e. The Labute approximate surface area is 111 Å². The SMILES string of the molecule is COc1nc(NCc2ccc(C)nc2)nc(OC)n1. The maximum atomic E-state index is 4.97. The minimum absolute atomic E-state index is 0.205. The standard InChI is InChI=1S/C12H15N5O2/c1-8-4-5-9(6-13-8)7-14-10-15-11(18-2)17-12(16-10)19-3/h4-6H,7H2,1-3H3,(H,14,15,16,17). The van der Waals surface area contributed by atoms with Gasteiger partial charge in [0.2, 0.25) is 5.95 Å². The monoisotopic (exact) mass is 261 g/mol. The van der Waals surface area contributed by atoms with Gasteiger partial charge in [-0.05, 0) is 18.6 Å². The third-order valence-corrected chi connectivity index (χ3v) is 2.38. The molecule has 7 nitrogen and oxygen atoms in total. The quantitative estimate of drug-likeness (QED) is 0.866. The first-order valence-electron chi connectivity index (χ1n) is 5.70. The molecular weight excluding hydrogens is 246 g/mol. The highest BCUT2D eigenvalue weighted by Gasteiger charge is 2.06. The maximum Gasteiger partial charge on any atom is 0.324 e. The molecule has 19 heavy (non-hydrogen) atoms. The average Bonchev–Trinajstić information content (AvgIpc) is 2.46. The van der Waals surface area contributed by atoms with Crippen molar-refractivity contribution in [3.05, 3.63) is 29.6 Å². The van der Waals surface area contributed by atoms with Crippen LogP contribution in [0.15, 0.2) is 18.3 Å². The number of hydrogen-bond donors (Lipinski definition) is 1. The third-order valence-electron chi connectivity index (χ3n) is 2.38. The largest absolute Gasteiger partial charge is 0.467 e. The van der Waals surface area contributed by atoms with E-state index >= 15 is 0 Å². The van der Waals surface area contributed by atoms with Gasteiger partial charge in [0, 0.05) is 18.4 Å². The molecule has 0 aliphatic rings. The van der Waals surface area contributed by atoms with Gasteiger partial charge in [0.1, 0.15) is 0 Å². The van der Waals surface area contributed by atoms with Crippen LogP contribution in [0.5, 0.6) is 12.0 Å². The van der Waals surface area contributed by atoms with Gasteiger partial charge in [0.05, 0.1) is 14.2 Å². The second kappa shape index (κ2) is 5.94. The molecule has 0 aliphatic heterocycles. The fraction of sp³-hybridized carbons (Fsp3) is 0.333. The van der Waals surface area contributed by atoms with Crippen LogP contribution in [0, 0.1) is 6.92 Å². The third kappa shape index (κ3) is 3.51. The number of ether oxygens (including phenoxy) is 2. The summed E-state index contributed by atoms with van der Waals surface area (Å²) in [5, 5.41) is 3.07. The summed E-state index contributed by atoms with van der Waals surface area (Å²) in [6, 6.07) is 4.35. The van der Waals surface area contributed by atoms with Crippen LogP contribution in [0.4, 0.5) is 5.95 Å². The molecule has 2 aromatic heterocycles. The summed E-state index contributed by atoms with van der Waals surface area (Å²) in [6.45, 7) is 2.50. The Bertz CT molecular complexity index is 522. The summed E-state index contributed by atoms with van der Waals surface area (Å²) in [5.41, 5.74) is 2.01. The number of anilines is 1. The van der Waals surface area contributed by atoms with Gasteiger partial charge >= 0.3 is 12.0 Å². The highest BCUT2D eigenvalue weighted by Crippen LogP contribution is 2.12. The number of nitrogens with one attached hydrogen (secondary N) is 1. The highest BCUT2D eigenvalue weighted by molar-refractivity contribution is 5.29. The minimum Gasteiger partial charge on any atom is -0.467 e. The molecule has 100 valence electrons. The molecule has 0 fully saturated rings. The van der Waals surface area contributed by atoms with Gasteiger partial charge in [-0.3, -0.25) is 4.98 Å². The number of aromatic nitrogens is 4. The molecule has 0 aliphatic carbocycles. The van der Waals surface area contributed by atoms with Gasteiger partial charge in [-0.1, -0.05) is 6.07 Å². The summed E-state index contributed by atoms with van der Waals surface area (Å²) in [4.78, 5) is 16.3. The lowest BCUT2D eigenvalue weighted by Crippen LogP contribution is -2.07. The van der Waals surface area contributed by atoms with Gasteiger partial charge in [0.25, 0.3) is 0 Å². The van der Waals surface area contributed by atoms with Crippen molar-refractivity contribution in [2.75, 3.05) is 19.5 Å². The zero-order valence-corrected chi connectivity index (χ0v) is 11.0. The van der Waals surface area contributed by atoms with Crippen molar-refractivity contribution in [1.29, 1.82) is 0 Å². The van der Waals surface area contributed by atoms with Gasteiger partial charge in [-0.25, -0.2) is 0 Å². The lowest BCUT2D eigenvalue weighted by atomic mass is 10.2. The molecule has 1 N–H and O–H groups in total. The first-order valence-corrected chi connectivity index (χ1v) is 5.70. The Kier molecular flexibility index (Phi) is 4.07. The molecule has 0 bridgehead atoms. The predicted octanol–water partition coefficient (Wildman–Crippen LogP) is 1.20. The summed E-state index contributed by atoms with van der Waals surface area (Å²) in [6.07, 6.45) is 1.80. The average molecular weight is 261 g/mol. The van der Waals surface area contributed by atoms with Crippen molar-refractivity contribution >= 4 is 5.95 Å². The van der Waals surface area contributed by atoms with Gasteiger partial charge in [-0.15, -0.1) is 4.98 Å². The lowest BCUT2D eigenvalue weighted by Gasteiger charge is -2.07. The van der Waals surface area contributed by atoms with Crippen LogP contribution < -0.4 is 14.8 Å². The second-order valence-corrected chi connectivity index (χ2v) is 3.79. The molecule has 0 radical (unpaired) electrons. The van der Waals surface area contributed by atoms with E-state index in [4.69, 9.17) is 9.47 Å². The summed E-state index contributed by atoms with van der Waals surface area (Å²) < 4.78 is 9.94. The molecule has 0 aromatic carbocycles. The number of pyridine rings is 1. The first kappa shape index (κ1) is 13.0. The number of hydrogen-bond acceptors (Lipinski definition) is 7. The molecule has 2 rings (SSSR count). The summed E-state index contributed by atoms with van der Waals surface area (Å²) in [5.74, 6) is 0.393. The zero-order valence-electron chi connectivity index (χ0n) is 11.0. The van der Waals surface area contributed by atoms with Crippen molar-refractivity contribution in [3.8, 4) is 12.0 Å². The molecule has 0 spiro atoms. The van der Waals surface area contributed by atoms with Crippen LogP contribution in [0.2, 0.25) is 0 Å². The van der Waals surface area contributed by atoms with Gasteiger partial charge in [-0.2, -0.15) is 9.97 Å². The van der Waals surface area contributed by atoms with Crippen LogP contribution in [0.1, 0.15) is 11.3 Å². The topological polar surface area (TPSA) is 82.0 Å². The molecule has 0 unspecified atom stereocenters. The van der Waals surface area contributed by atoms with Gasteiger partial charge in [0.15, 0.2) is 0 Å². The fourth-order valence-corrected chi connectivity index (χ4v) is 1.38. The van der Waals surface area contributed by atoms with E-state index in [0.717, 1.165) is 11.3 Å². The van der Waals surface area contributed by atoms with Crippen molar-refractivity contribution < 1.29 is 9.47 Å². The van der Waals surface area contributed by atoms with Crippen molar-refractivity contribution in [3.63, 3.8) is 0 Å².